The highest BCUT2D eigenvalue weighted by Gasteiger charge is 2.59. The third-order valence-corrected chi connectivity index (χ3v) is 9.17. The minimum atomic E-state index is -4.54. The number of ketones is 2. The van der Waals surface area contributed by atoms with Crippen molar-refractivity contribution in [2.75, 3.05) is 13.2 Å². The number of hydrogen-bond acceptors (Lipinski definition) is 8. The van der Waals surface area contributed by atoms with E-state index >= 15 is 0 Å². The molecular formula is C44H40F3NO8. The second-order valence-electron chi connectivity index (χ2n) is 13.2. The molecule has 0 amide bonds. The van der Waals surface area contributed by atoms with Gasteiger partial charge >= 0.3 is 24.1 Å². The van der Waals surface area contributed by atoms with Gasteiger partial charge in [-0.05, 0) is 59.9 Å². The van der Waals surface area contributed by atoms with Crippen LogP contribution in [0.4, 0.5) is 13.2 Å². The number of Topliss-reactive ketones (excluding diaryl/α,β-unsaturated/α-hetero) is 1. The molecule has 1 unspecified atom stereocenters. The summed E-state index contributed by atoms with van der Waals surface area (Å²) in [5.74, 6) is -4.39. The lowest BCUT2D eigenvalue weighted by atomic mass is 9.72. The van der Waals surface area contributed by atoms with Gasteiger partial charge in [0.05, 0.1) is 35.6 Å². The molecule has 0 fully saturated rings. The van der Waals surface area contributed by atoms with Gasteiger partial charge in [-0.3, -0.25) is 24.0 Å². The van der Waals surface area contributed by atoms with E-state index in [2.05, 4.69) is 4.98 Å². The van der Waals surface area contributed by atoms with Gasteiger partial charge in [0.1, 0.15) is 0 Å². The Bertz CT molecular complexity index is 2220. The molecule has 0 saturated heterocycles. The molecule has 0 aliphatic rings. The molecule has 0 aliphatic heterocycles. The first-order chi connectivity index (χ1) is 26.7. The molecule has 9 nitrogen and oxygen atoms in total. The van der Waals surface area contributed by atoms with Crippen LogP contribution in [0.5, 0.6) is 0 Å². The van der Waals surface area contributed by atoms with Crippen molar-refractivity contribution in [2.24, 2.45) is 5.92 Å². The number of ether oxygens (including phenoxy) is 3. The lowest BCUT2D eigenvalue weighted by molar-refractivity contribution is -0.177. The van der Waals surface area contributed by atoms with E-state index in [1.165, 1.54) is 42.6 Å². The molecule has 5 aromatic rings. The molecular weight excluding hydrogens is 727 g/mol. The largest absolute Gasteiger partial charge is 0.465 e. The Morgan fingerprint density at radius 1 is 0.696 bits per heavy atom. The third kappa shape index (κ3) is 8.05. The summed E-state index contributed by atoms with van der Waals surface area (Å²) in [6.45, 7) is 7.39. The number of carbonyl (C=O) groups excluding carboxylic acids is 5. The molecule has 290 valence electrons. The van der Waals surface area contributed by atoms with Crippen LogP contribution < -0.4 is 0 Å². The first kappa shape index (κ1) is 40.9. The van der Waals surface area contributed by atoms with Crippen molar-refractivity contribution in [1.29, 1.82) is 0 Å². The smallest absolute Gasteiger partial charge is 0.416 e. The molecule has 5 rings (SSSR count). The second kappa shape index (κ2) is 17.0. The minimum Gasteiger partial charge on any atom is -0.465 e. The van der Waals surface area contributed by atoms with E-state index in [1.807, 2.05) is 0 Å². The zero-order valence-electron chi connectivity index (χ0n) is 31.4. The van der Waals surface area contributed by atoms with Crippen LogP contribution in [0, 0.1) is 5.92 Å². The molecule has 0 bridgehead atoms. The summed E-state index contributed by atoms with van der Waals surface area (Å²) in [6.07, 6.45) is -4.78. The first-order valence-corrected chi connectivity index (χ1v) is 17.9. The zero-order chi connectivity index (χ0) is 40.8. The van der Waals surface area contributed by atoms with Gasteiger partial charge < -0.3 is 19.2 Å². The Morgan fingerprint density at radius 3 is 1.88 bits per heavy atom. The van der Waals surface area contributed by atoms with Crippen molar-refractivity contribution >= 4 is 29.5 Å². The maximum absolute atomic E-state index is 14.4. The summed E-state index contributed by atoms with van der Waals surface area (Å²) in [5, 5.41) is 0. The number of alkyl halides is 3. The number of rotatable bonds is 14. The molecule has 0 spiro atoms. The molecule has 1 atom stereocenters. The Labute approximate surface area is 321 Å². The number of aromatic nitrogens is 1. The summed E-state index contributed by atoms with van der Waals surface area (Å²) in [5.41, 5.74) is -1.37. The maximum Gasteiger partial charge on any atom is 0.416 e. The monoisotopic (exact) mass is 767 g/mol. The fraction of sp³-hybridized carbons (Fsp3) is 0.250. The van der Waals surface area contributed by atoms with E-state index in [0.29, 0.717) is 16.7 Å². The number of nitrogens with one attached hydrogen (secondary N) is 1. The average molecular weight is 768 g/mol. The van der Waals surface area contributed by atoms with E-state index in [9.17, 15) is 37.1 Å². The number of esters is 3. The van der Waals surface area contributed by atoms with Crippen LogP contribution in [-0.2, 0) is 40.2 Å². The summed E-state index contributed by atoms with van der Waals surface area (Å²) in [4.78, 5) is 72.5. The summed E-state index contributed by atoms with van der Waals surface area (Å²) in [6, 6.07) is 25.1. The normalized spacial score (nSPS) is 12.2. The molecule has 12 heteroatoms. The van der Waals surface area contributed by atoms with Gasteiger partial charge in [0.25, 0.3) is 0 Å². The van der Waals surface area contributed by atoms with Crippen LogP contribution in [0.15, 0.2) is 109 Å². The van der Waals surface area contributed by atoms with Crippen LogP contribution in [-0.4, -0.2) is 47.7 Å². The maximum atomic E-state index is 14.4. The lowest BCUT2D eigenvalue weighted by Crippen LogP contribution is -2.52. The number of carbonyl (C=O) groups is 5. The van der Waals surface area contributed by atoms with Crippen molar-refractivity contribution in [3.8, 4) is 22.4 Å². The molecule has 0 saturated carbocycles. The van der Waals surface area contributed by atoms with Gasteiger partial charge in [0.15, 0.2) is 17.7 Å². The SMILES string of the molecule is CCOC(=O)C(C(=O)OCC)(c1ccccc1)C(OC(C)=O)c1cccc(-c2[nH]cc(C(=O)c3ccccc3-c3ccc(C(F)(F)F)cc3)c2C(=O)C(C)C)c1. The zero-order valence-corrected chi connectivity index (χ0v) is 31.4. The van der Waals surface area contributed by atoms with Crippen LogP contribution in [0.1, 0.15) is 83.7 Å². The van der Waals surface area contributed by atoms with Gasteiger partial charge in [0.2, 0.25) is 5.41 Å². The third-order valence-electron chi connectivity index (χ3n) is 9.17. The highest BCUT2D eigenvalue weighted by molar-refractivity contribution is 6.20. The van der Waals surface area contributed by atoms with Crippen molar-refractivity contribution in [3.05, 3.63) is 143 Å². The van der Waals surface area contributed by atoms with Crippen molar-refractivity contribution in [3.63, 3.8) is 0 Å². The fourth-order valence-electron chi connectivity index (χ4n) is 6.60. The van der Waals surface area contributed by atoms with Crippen molar-refractivity contribution < 1.29 is 51.4 Å². The van der Waals surface area contributed by atoms with Gasteiger partial charge in [-0.25, -0.2) is 0 Å². The average Bonchev–Trinajstić information content (AvgIpc) is 3.63. The van der Waals surface area contributed by atoms with Gasteiger partial charge in [-0.15, -0.1) is 0 Å². The van der Waals surface area contributed by atoms with Crippen LogP contribution in [0.2, 0.25) is 0 Å². The van der Waals surface area contributed by atoms with Crippen molar-refractivity contribution in [2.45, 2.75) is 52.3 Å². The predicted molar refractivity (Wildman–Crippen MR) is 202 cm³/mol. The van der Waals surface area contributed by atoms with E-state index in [4.69, 9.17) is 14.2 Å². The number of hydrogen-bond donors (Lipinski definition) is 1. The Balaban J connectivity index is 1.70. The van der Waals surface area contributed by atoms with Gasteiger partial charge in [0, 0.05) is 24.6 Å². The van der Waals surface area contributed by atoms with Crippen LogP contribution in [0.25, 0.3) is 22.4 Å². The molecule has 1 aromatic heterocycles. The second-order valence-corrected chi connectivity index (χ2v) is 13.2. The quantitative estimate of drug-likeness (QED) is 0.0513. The molecule has 56 heavy (non-hydrogen) atoms. The van der Waals surface area contributed by atoms with Crippen molar-refractivity contribution in [1.82, 2.24) is 4.98 Å². The number of benzene rings is 4. The minimum absolute atomic E-state index is 0.0108. The predicted octanol–water partition coefficient (Wildman–Crippen LogP) is 9.11. The highest BCUT2D eigenvalue weighted by Crippen LogP contribution is 2.44. The number of halogens is 3. The summed E-state index contributed by atoms with van der Waals surface area (Å²) < 4.78 is 56.7. The highest BCUT2D eigenvalue weighted by atomic mass is 19.4. The first-order valence-electron chi connectivity index (χ1n) is 17.9. The summed E-state index contributed by atoms with van der Waals surface area (Å²) >= 11 is 0. The van der Waals surface area contributed by atoms with E-state index < -0.39 is 58.7 Å². The molecule has 0 aliphatic carbocycles. The number of aromatic amines is 1. The summed E-state index contributed by atoms with van der Waals surface area (Å²) in [7, 11) is 0. The van der Waals surface area contributed by atoms with Gasteiger partial charge in [-0.2, -0.15) is 13.2 Å². The van der Waals surface area contributed by atoms with E-state index in [0.717, 1.165) is 19.1 Å². The lowest BCUT2D eigenvalue weighted by Gasteiger charge is -2.36. The number of H-pyrrole nitrogens is 1. The Kier molecular flexibility index (Phi) is 12.4. The van der Waals surface area contributed by atoms with E-state index in [1.54, 1.807) is 82.3 Å². The van der Waals surface area contributed by atoms with Gasteiger partial charge in [-0.1, -0.05) is 98.8 Å². The van der Waals surface area contributed by atoms with Crippen LogP contribution >= 0.6 is 0 Å². The standard InChI is InChI=1S/C44H40F3NO8/c1-6-54-41(52)43(42(53)55-7-2,31-16-9-8-10-17-31)40(56-27(5)49)30-15-13-14-29(24-30)37-36(38(50)26(3)4)35(25-48-37)39(51)34-19-12-11-18-33(34)28-20-22-32(23-21-28)44(45,46)47/h8-26,40,48H,6-7H2,1-5H3. The fourth-order valence-corrected chi connectivity index (χ4v) is 6.60. The Hall–Kier alpha value is -6.30. The van der Waals surface area contributed by atoms with E-state index in [-0.39, 0.29) is 46.7 Å². The molecule has 1 heterocycles. The molecule has 1 N–H and O–H groups in total. The molecule has 0 radical (unpaired) electrons. The molecule has 4 aromatic carbocycles. The van der Waals surface area contributed by atoms with Crippen LogP contribution in [0.3, 0.4) is 0 Å². The topological polar surface area (TPSA) is 129 Å². The Morgan fingerprint density at radius 2 is 1.30 bits per heavy atom.